The summed E-state index contributed by atoms with van der Waals surface area (Å²) >= 11 is 0. The fraction of sp³-hybridized carbons (Fsp3) is 0.294. The monoisotopic (exact) mass is 1650 g/mol. The molecule has 0 saturated heterocycles. The first kappa shape index (κ1) is 107. The average Bonchev–Trinajstić information content (AvgIpc) is 0.845. The van der Waals surface area contributed by atoms with Crippen LogP contribution in [0.5, 0.6) is 34.5 Å². The number of quaternary nitrogens is 6. The summed E-state index contributed by atoms with van der Waals surface area (Å²) in [5.41, 5.74) is 24.0. The van der Waals surface area contributed by atoms with Crippen molar-refractivity contribution in [2.45, 2.75) is 80.8 Å². The molecule has 0 N–H and O–H groups in total. The van der Waals surface area contributed by atoms with Crippen molar-refractivity contribution >= 4 is 34.1 Å². The molecule has 12 aromatic rings. The van der Waals surface area contributed by atoms with E-state index in [1.165, 1.54) is 101 Å². The van der Waals surface area contributed by atoms with Crippen molar-refractivity contribution in [2.24, 2.45) is 0 Å². The molecule has 0 fully saturated rings. The smallest absolute Gasteiger partial charge is 0.135 e. The predicted octanol–water partition coefficient (Wildman–Crippen LogP) is 4.65. The maximum absolute atomic E-state index is 5.20. The number of para-hydroxylation sites is 6. The molecule has 0 bridgehead atoms. The predicted molar refractivity (Wildman–Crippen MR) is 489 cm³/mol. The number of methoxy groups -OCH3 is 6. The van der Waals surface area contributed by atoms with Gasteiger partial charge in [0.2, 0.25) is 0 Å². The summed E-state index contributed by atoms with van der Waals surface area (Å²) in [6.07, 6.45) is 0. The Morgan fingerprint density at radius 2 is 0.258 bits per heavy atom. The second kappa shape index (κ2) is 50.0. The van der Waals surface area contributed by atoms with Gasteiger partial charge in [0.15, 0.2) is 0 Å². The largest absolute Gasteiger partial charge is 1.00 e. The van der Waals surface area contributed by atoms with Gasteiger partial charge in [-0.15, -0.1) is 0 Å². The lowest BCUT2D eigenvalue weighted by atomic mass is 10.1. The van der Waals surface area contributed by atoms with Crippen molar-refractivity contribution in [1.82, 2.24) is 26.9 Å². The summed E-state index contributed by atoms with van der Waals surface area (Å²) in [6, 6.07) is 101. The molecule has 0 aliphatic carbocycles. The van der Waals surface area contributed by atoms with Gasteiger partial charge in [-0.05, 0) is 224 Å². The van der Waals surface area contributed by atoms with Gasteiger partial charge in [-0.25, -0.2) is 0 Å². The van der Waals surface area contributed by atoms with Crippen LogP contribution in [-0.2, 0) is 39.3 Å². The molecule has 18 heteroatoms. The van der Waals surface area contributed by atoms with Crippen LogP contribution >= 0.6 is 0 Å². The lowest BCUT2D eigenvalue weighted by Gasteiger charge is -2.30. The zero-order chi connectivity index (χ0) is 83.3. The van der Waals surface area contributed by atoms with E-state index >= 15 is 0 Å². The molecule has 0 saturated carbocycles. The molecule has 12 nitrogen and oxygen atoms in total. The van der Waals surface area contributed by atoms with Crippen molar-refractivity contribution in [1.29, 1.82) is 0 Å². The van der Waals surface area contributed by atoms with Crippen molar-refractivity contribution in [3.05, 3.63) is 358 Å². The van der Waals surface area contributed by atoms with E-state index in [1.807, 2.05) is 72.8 Å². The number of hydrogen-bond donors (Lipinski definition) is 0. The molecule has 0 unspecified atom stereocenters. The van der Waals surface area contributed by atoms with E-state index in [0.717, 1.165) is 101 Å². The molecule has 0 aliphatic rings. The molecule has 0 atom stereocenters. The molecular formula is C102H132F6N6O6. The SMILES string of the molecule is COc1ccc(C[N+](C)(C)c2ccccc2C)cc1.COc1ccc(C[N+](C)(C)c2ccccc2C)cc1.COc1ccc(C[N+](C)(C)c2ccccc2C)cc1.COc1ccc(C[N+](C)(C)c2ccccc2C)cc1.COc1ccc(C[N+](C)(C)c2ccccc2C)cc1.COc1ccc(C[N+](C)(C)c2ccccc2C)cc1.[F-].[F-].[F-].[F-].[F-].[F-]. The fourth-order valence-electron chi connectivity index (χ4n) is 15.1. The molecule has 0 heterocycles. The molecule has 0 aliphatic heterocycles. The number of aryl methyl sites for hydroxylation is 6. The maximum Gasteiger partial charge on any atom is 0.135 e. The van der Waals surface area contributed by atoms with Gasteiger partial charge in [0.25, 0.3) is 0 Å². The van der Waals surface area contributed by atoms with Gasteiger partial charge in [-0.1, -0.05) is 109 Å². The van der Waals surface area contributed by atoms with E-state index in [0.29, 0.717) is 0 Å². The Hall–Kier alpha value is -11.2. The Balaban J connectivity index is 0.000000713. The molecule has 120 heavy (non-hydrogen) atoms. The summed E-state index contributed by atoms with van der Waals surface area (Å²) in [6.45, 7) is 18.8. The highest BCUT2D eigenvalue weighted by atomic mass is 19.0. The van der Waals surface area contributed by atoms with Gasteiger partial charge in [0.1, 0.15) is 108 Å². The summed E-state index contributed by atoms with van der Waals surface area (Å²) in [7, 11) is 37.1. The number of halogens is 6. The van der Waals surface area contributed by atoms with E-state index in [2.05, 4.69) is 345 Å². The van der Waals surface area contributed by atoms with Crippen LogP contribution in [0.1, 0.15) is 66.8 Å². The lowest BCUT2D eigenvalue weighted by molar-refractivity contribution is -0.00100. The van der Waals surface area contributed by atoms with E-state index < -0.39 is 0 Å². The van der Waals surface area contributed by atoms with Crippen LogP contribution < -0.4 is 83.5 Å². The van der Waals surface area contributed by atoms with Crippen molar-refractivity contribution < 1.29 is 56.6 Å². The van der Waals surface area contributed by atoms with E-state index in [1.54, 1.807) is 42.7 Å². The number of ether oxygens (including phenoxy) is 6. The zero-order valence-electron chi connectivity index (χ0n) is 75.4. The van der Waals surface area contributed by atoms with E-state index in [9.17, 15) is 0 Å². The first-order chi connectivity index (χ1) is 54.2. The molecular weight excluding hydrogens is 1520 g/mol. The number of nitrogens with zero attached hydrogens (tertiary/aromatic N) is 6. The van der Waals surface area contributed by atoms with E-state index in [-0.39, 0.29) is 28.2 Å². The van der Waals surface area contributed by atoms with Crippen molar-refractivity contribution in [2.75, 3.05) is 127 Å². The molecule has 12 rings (SSSR count). The number of rotatable bonds is 24. The second-order valence-electron chi connectivity index (χ2n) is 32.9. The third-order valence-corrected chi connectivity index (χ3v) is 21.0. The van der Waals surface area contributed by atoms with Crippen LogP contribution in [0.4, 0.5) is 34.1 Å². The zero-order valence-corrected chi connectivity index (χ0v) is 75.4. The Kier molecular flexibility index (Phi) is 44.5. The summed E-state index contributed by atoms with van der Waals surface area (Å²) in [4.78, 5) is 0. The quantitative estimate of drug-likeness (QED) is 0.0650. The van der Waals surface area contributed by atoms with Crippen LogP contribution in [0.15, 0.2) is 291 Å². The number of benzene rings is 12. The lowest BCUT2D eigenvalue weighted by Crippen LogP contribution is -3.00. The van der Waals surface area contributed by atoms with Crippen LogP contribution in [0.3, 0.4) is 0 Å². The molecule has 0 aromatic heterocycles. The first-order valence-corrected chi connectivity index (χ1v) is 39.3. The van der Waals surface area contributed by atoms with Gasteiger partial charge in [0.05, 0.1) is 127 Å². The summed E-state index contributed by atoms with van der Waals surface area (Å²) in [5.74, 6) is 5.44. The minimum atomic E-state index is 0. The molecule has 12 aromatic carbocycles. The van der Waals surface area contributed by atoms with Gasteiger partial charge in [-0.3, -0.25) is 26.9 Å². The van der Waals surface area contributed by atoms with Gasteiger partial charge >= 0.3 is 0 Å². The molecule has 648 valence electrons. The highest BCUT2D eigenvalue weighted by Gasteiger charge is 2.27. The summed E-state index contributed by atoms with van der Waals surface area (Å²) in [5, 5.41) is 0. The average molecular weight is 1650 g/mol. The highest BCUT2D eigenvalue weighted by molar-refractivity contribution is 5.55. The maximum atomic E-state index is 5.20. The van der Waals surface area contributed by atoms with Crippen LogP contribution in [0.25, 0.3) is 0 Å². The topological polar surface area (TPSA) is 55.4 Å². The van der Waals surface area contributed by atoms with Crippen LogP contribution in [0, 0.1) is 41.5 Å². The Bertz CT molecular complexity index is 4090. The van der Waals surface area contributed by atoms with Crippen LogP contribution in [-0.4, -0.2) is 127 Å². The minimum Gasteiger partial charge on any atom is -1.00 e. The number of hydrogen-bond acceptors (Lipinski definition) is 6. The van der Waals surface area contributed by atoms with E-state index in [4.69, 9.17) is 28.4 Å². The standard InChI is InChI=1S/6C17H22NO.6FH/c6*1-14-7-5-6-8-17(14)18(2,3)13-15-9-11-16(19-4)12-10-15;;;;;;/h6*5-12H,13H2,1-4H3;6*1H/q6*+1;;;;;;/p-6. The van der Waals surface area contributed by atoms with Gasteiger partial charge < -0.3 is 56.6 Å². The normalized spacial score (nSPS) is 10.8. The summed E-state index contributed by atoms with van der Waals surface area (Å²) < 4.78 is 36.3. The van der Waals surface area contributed by atoms with Gasteiger partial charge in [-0.2, -0.15) is 0 Å². The minimum absolute atomic E-state index is 0. The second-order valence-corrected chi connectivity index (χ2v) is 32.9. The van der Waals surface area contributed by atoms with Crippen molar-refractivity contribution in [3.8, 4) is 34.5 Å². The van der Waals surface area contributed by atoms with Crippen LogP contribution in [0.2, 0.25) is 0 Å². The van der Waals surface area contributed by atoms with Gasteiger partial charge in [0, 0.05) is 66.8 Å². The Morgan fingerprint density at radius 1 is 0.158 bits per heavy atom. The third-order valence-electron chi connectivity index (χ3n) is 21.0. The Labute approximate surface area is 714 Å². The molecule has 0 spiro atoms. The molecule has 0 radical (unpaired) electrons. The first-order valence-electron chi connectivity index (χ1n) is 39.3. The Morgan fingerprint density at radius 3 is 0.350 bits per heavy atom. The van der Waals surface area contributed by atoms with Crippen molar-refractivity contribution in [3.63, 3.8) is 0 Å². The third kappa shape index (κ3) is 32.1. The highest BCUT2D eigenvalue weighted by Crippen LogP contribution is 2.33. The fourth-order valence-corrected chi connectivity index (χ4v) is 15.1. The molecule has 0 amide bonds.